The molecule has 3 heterocycles. The minimum absolute atomic E-state index is 0.0881. The van der Waals surface area contributed by atoms with E-state index in [1.807, 2.05) is 36.4 Å². The Morgan fingerprint density at radius 3 is 2.19 bits per heavy atom. The highest BCUT2D eigenvalue weighted by Crippen LogP contribution is 2.42. The summed E-state index contributed by atoms with van der Waals surface area (Å²) in [4.78, 5) is 12.5. The van der Waals surface area contributed by atoms with Crippen LogP contribution in [0, 0.1) is 0 Å². The van der Waals surface area contributed by atoms with Crippen molar-refractivity contribution >= 4 is 35.7 Å². The molecule has 4 N–H and O–H groups in total. The van der Waals surface area contributed by atoms with Crippen LogP contribution in [0.1, 0.15) is 33.9 Å². The van der Waals surface area contributed by atoms with Gasteiger partial charge in [0.05, 0.1) is 12.9 Å². The summed E-state index contributed by atoms with van der Waals surface area (Å²) in [6.07, 6.45) is -0.132. The molecule has 5 rings (SSSR count). The van der Waals surface area contributed by atoms with Crippen molar-refractivity contribution in [3.8, 4) is 0 Å². The van der Waals surface area contributed by atoms with Crippen LogP contribution in [0.25, 0.3) is 11.2 Å². The molecule has 2 aromatic heterocycles. The number of benzene rings is 2. The number of aliphatic hydroxyl groups is 2. The number of nitrogens with zero attached hydrogens (tertiary/aromatic N) is 4. The molecule has 1 saturated heterocycles. The molecule has 37 heavy (non-hydrogen) atoms. The topological polar surface area (TPSA) is 129 Å². The number of imidazole rings is 1. The molecule has 1 fully saturated rings. The van der Waals surface area contributed by atoms with Crippen LogP contribution >= 0.6 is 0 Å². The molecule has 10 heteroatoms. The number of nitrogens with two attached hydrogens (primary N) is 1. The Morgan fingerprint density at radius 2 is 1.62 bits per heavy atom. The van der Waals surface area contributed by atoms with E-state index in [1.54, 1.807) is 11.5 Å². The van der Waals surface area contributed by atoms with Gasteiger partial charge in [-0.05, 0) is 22.3 Å². The monoisotopic (exact) mass is 519 g/mol. The SMILES string of the molecule is CC1(O)C(O)[C@@H](CO[Si](c2ccccc2)(c2ccccc2)C(C)(C)C)O[C@H]1n1cnc2c(N)ncnc21. The first-order valence-electron chi connectivity index (χ1n) is 12.3. The molecule has 194 valence electrons. The first kappa shape index (κ1) is 25.5. The van der Waals surface area contributed by atoms with E-state index in [1.165, 1.54) is 12.7 Å². The number of hydrogen-bond acceptors (Lipinski definition) is 8. The molecule has 0 bridgehead atoms. The predicted octanol–water partition coefficient (Wildman–Crippen LogP) is 1.99. The molecule has 1 aliphatic heterocycles. The van der Waals surface area contributed by atoms with Crippen molar-refractivity contribution in [3.63, 3.8) is 0 Å². The second-order valence-electron chi connectivity index (χ2n) is 10.8. The van der Waals surface area contributed by atoms with Crippen LogP contribution < -0.4 is 16.1 Å². The predicted molar refractivity (Wildman–Crippen MR) is 144 cm³/mol. The molecule has 2 unspecified atom stereocenters. The lowest BCUT2D eigenvalue weighted by molar-refractivity contribution is -0.0948. The Labute approximate surface area is 217 Å². The minimum Gasteiger partial charge on any atom is -0.405 e. The average molecular weight is 520 g/mol. The number of nitrogen functional groups attached to an aromatic ring is 1. The summed E-state index contributed by atoms with van der Waals surface area (Å²) in [5.41, 5.74) is 5.13. The lowest BCUT2D eigenvalue weighted by Gasteiger charge is -2.43. The van der Waals surface area contributed by atoms with Gasteiger partial charge in [0, 0.05) is 0 Å². The average Bonchev–Trinajstić information content (AvgIpc) is 3.39. The molecule has 0 spiro atoms. The Morgan fingerprint density at radius 1 is 1.03 bits per heavy atom. The van der Waals surface area contributed by atoms with E-state index in [4.69, 9.17) is 14.9 Å². The standard InChI is InChI=1S/C27H33N5O4Si/c1-26(2,3)37(18-11-7-5-8-12-18,19-13-9-6-10-14-19)35-15-20-22(33)27(4,34)25(36-20)32-17-31-21-23(28)29-16-30-24(21)32/h5-14,16-17,20,22,25,33-34H,15H2,1-4H3,(H2,28,29,30)/t20-,22?,25-,27?/m1/s1. The zero-order valence-electron chi connectivity index (χ0n) is 21.4. The number of rotatable bonds is 6. The number of fused-ring (bicyclic) bond motifs is 1. The zero-order valence-corrected chi connectivity index (χ0v) is 22.4. The fourth-order valence-electron chi connectivity index (χ4n) is 5.39. The van der Waals surface area contributed by atoms with Crippen LogP contribution in [-0.2, 0) is 9.16 Å². The maximum Gasteiger partial charge on any atom is 0.261 e. The molecule has 1 aliphatic rings. The van der Waals surface area contributed by atoms with Crippen molar-refractivity contribution in [2.75, 3.05) is 12.3 Å². The molecule has 0 saturated carbocycles. The van der Waals surface area contributed by atoms with Crippen LogP contribution in [0.4, 0.5) is 5.82 Å². The van der Waals surface area contributed by atoms with Crippen molar-refractivity contribution < 1.29 is 19.4 Å². The lowest BCUT2D eigenvalue weighted by Crippen LogP contribution is -2.67. The molecule has 0 aliphatic carbocycles. The van der Waals surface area contributed by atoms with Gasteiger partial charge in [0.1, 0.15) is 29.7 Å². The van der Waals surface area contributed by atoms with Crippen LogP contribution in [0.3, 0.4) is 0 Å². The van der Waals surface area contributed by atoms with Crippen LogP contribution in [0.2, 0.25) is 5.04 Å². The van der Waals surface area contributed by atoms with E-state index >= 15 is 0 Å². The highest BCUT2D eigenvalue weighted by atomic mass is 28.4. The van der Waals surface area contributed by atoms with Gasteiger partial charge in [0.25, 0.3) is 8.32 Å². The molecule has 4 atom stereocenters. The van der Waals surface area contributed by atoms with Gasteiger partial charge in [-0.25, -0.2) is 15.0 Å². The number of ether oxygens (including phenoxy) is 1. The number of anilines is 1. The van der Waals surface area contributed by atoms with Crippen LogP contribution in [-0.4, -0.2) is 62.5 Å². The Hall–Kier alpha value is -3.15. The van der Waals surface area contributed by atoms with Crippen molar-refractivity contribution in [1.82, 2.24) is 19.5 Å². The van der Waals surface area contributed by atoms with E-state index in [9.17, 15) is 10.2 Å². The van der Waals surface area contributed by atoms with Crippen LogP contribution in [0.15, 0.2) is 73.3 Å². The number of hydrogen-bond donors (Lipinski definition) is 3. The van der Waals surface area contributed by atoms with E-state index in [0.717, 1.165) is 10.4 Å². The zero-order chi connectivity index (χ0) is 26.4. The fraction of sp³-hybridized carbons (Fsp3) is 0.370. The summed E-state index contributed by atoms with van der Waals surface area (Å²) in [5.74, 6) is 0.230. The minimum atomic E-state index is -2.86. The van der Waals surface area contributed by atoms with Crippen molar-refractivity contribution in [1.29, 1.82) is 0 Å². The molecule has 9 nitrogen and oxygen atoms in total. The summed E-state index contributed by atoms with van der Waals surface area (Å²) >= 11 is 0. The maximum atomic E-state index is 11.4. The third-order valence-electron chi connectivity index (χ3n) is 7.28. The molecule has 2 aromatic carbocycles. The summed E-state index contributed by atoms with van der Waals surface area (Å²) in [6, 6.07) is 20.5. The largest absolute Gasteiger partial charge is 0.405 e. The molecular formula is C27H33N5O4Si. The number of aromatic nitrogens is 4. The lowest BCUT2D eigenvalue weighted by atomic mass is 9.96. The molecule has 4 aromatic rings. The first-order chi connectivity index (χ1) is 17.6. The Bertz CT molecular complexity index is 1330. The van der Waals surface area contributed by atoms with Gasteiger partial charge in [-0.15, -0.1) is 0 Å². The van der Waals surface area contributed by atoms with Gasteiger partial charge < -0.3 is 25.1 Å². The van der Waals surface area contributed by atoms with Gasteiger partial charge in [-0.1, -0.05) is 81.4 Å². The number of aliphatic hydroxyl groups excluding tert-OH is 1. The maximum absolute atomic E-state index is 11.4. The summed E-state index contributed by atoms with van der Waals surface area (Å²) in [6.45, 7) is 8.19. The Kier molecular flexibility index (Phi) is 6.41. The smallest absolute Gasteiger partial charge is 0.261 e. The third-order valence-corrected chi connectivity index (χ3v) is 12.3. The summed E-state index contributed by atoms with van der Waals surface area (Å²) in [7, 11) is -2.86. The summed E-state index contributed by atoms with van der Waals surface area (Å²) < 4.78 is 14.8. The highest BCUT2D eigenvalue weighted by molar-refractivity contribution is 6.99. The van der Waals surface area contributed by atoms with Gasteiger partial charge in [-0.3, -0.25) is 4.57 Å². The van der Waals surface area contributed by atoms with E-state index in [-0.39, 0.29) is 17.5 Å². The van der Waals surface area contributed by atoms with Crippen molar-refractivity contribution in [2.45, 2.75) is 56.8 Å². The van der Waals surface area contributed by atoms with E-state index in [0.29, 0.717) is 11.2 Å². The van der Waals surface area contributed by atoms with Crippen molar-refractivity contribution in [2.24, 2.45) is 0 Å². The molecule has 0 radical (unpaired) electrons. The second kappa shape index (κ2) is 9.30. The molecule has 0 amide bonds. The van der Waals surface area contributed by atoms with Gasteiger partial charge in [0.15, 0.2) is 17.7 Å². The third kappa shape index (κ3) is 4.14. The second-order valence-corrected chi connectivity index (χ2v) is 15.1. The fourth-order valence-corrected chi connectivity index (χ4v) is 9.96. The van der Waals surface area contributed by atoms with Gasteiger partial charge in [0.2, 0.25) is 0 Å². The normalized spacial score (nSPS) is 24.5. The summed E-state index contributed by atoms with van der Waals surface area (Å²) in [5, 5.41) is 24.6. The van der Waals surface area contributed by atoms with E-state index in [2.05, 4.69) is 60.0 Å². The van der Waals surface area contributed by atoms with Crippen LogP contribution in [0.5, 0.6) is 0 Å². The molecular weight excluding hydrogens is 486 g/mol. The first-order valence-corrected chi connectivity index (χ1v) is 14.2. The van der Waals surface area contributed by atoms with Gasteiger partial charge >= 0.3 is 0 Å². The van der Waals surface area contributed by atoms with Gasteiger partial charge in [-0.2, -0.15) is 0 Å². The Balaban J connectivity index is 1.51. The van der Waals surface area contributed by atoms with E-state index < -0.39 is 32.4 Å². The van der Waals surface area contributed by atoms with Crippen molar-refractivity contribution in [3.05, 3.63) is 73.3 Å². The quantitative estimate of drug-likeness (QED) is 0.330. The highest BCUT2D eigenvalue weighted by Gasteiger charge is 2.56.